The van der Waals surface area contributed by atoms with Gasteiger partial charge in [-0.1, -0.05) is 24.3 Å². The van der Waals surface area contributed by atoms with Crippen molar-refractivity contribution in [2.24, 2.45) is 0 Å². The van der Waals surface area contributed by atoms with Gasteiger partial charge in [-0.15, -0.1) is 0 Å². The van der Waals surface area contributed by atoms with E-state index in [-0.39, 0.29) is 18.4 Å². The van der Waals surface area contributed by atoms with Gasteiger partial charge in [-0.3, -0.25) is 14.5 Å². The summed E-state index contributed by atoms with van der Waals surface area (Å²) in [5.41, 5.74) is 1.71. The molecule has 1 aliphatic rings. The molecule has 0 saturated carbocycles. The molecule has 2 aromatic carbocycles. The molecule has 3 rings (SSSR count). The zero-order chi connectivity index (χ0) is 15.7. The average molecular weight is 296 g/mol. The Labute approximate surface area is 128 Å². The molecule has 0 aliphatic carbocycles. The SMILES string of the molecule is COc1ccccc1N1CC(=O)N(C)c2ccccc2C1=O. The van der Waals surface area contributed by atoms with E-state index in [9.17, 15) is 9.59 Å². The van der Waals surface area contributed by atoms with Gasteiger partial charge in [0.05, 0.1) is 24.0 Å². The summed E-state index contributed by atoms with van der Waals surface area (Å²) in [7, 11) is 3.23. The first kappa shape index (κ1) is 14.1. The van der Waals surface area contributed by atoms with Crippen molar-refractivity contribution in [3.05, 3.63) is 54.1 Å². The number of methoxy groups -OCH3 is 1. The molecule has 5 nitrogen and oxygen atoms in total. The number of carbonyl (C=O) groups excluding carboxylic acids is 2. The van der Waals surface area contributed by atoms with Gasteiger partial charge in [0, 0.05) is 7.05 Å². The second kappa shape index (κ2) is 5.52. The summed E-state index contributed by atoms with van der Waals surface area (Å²) in [5, 5.41) is 0. The van der Waals surface area contributed by atoms with Crippen molar-refractivity contribution in [1.29, 1.82) is 0 Å². The van der Waals surface area contributed by atoms with Crippen LogP contribution in [-0.2, 0) is 4.79 Å². The number of likely N-dealkylation sites (N-methyl/N-ethyl adjacent to an activating group) is 1. The van der Waals surface area contributed by atoms with Crippen molar-refractivity contribution >= 4 is 23.2 Å². The number of hydrogen-bond donors (Lipinski definition) is 0. The van der Waals surface area contributed by atoms with E-state index in [1.165, 1.54) is 9.80 Å². The van der Waals surface area contributed by atoms with Crippen LogP contribution in [0.5, 0.6) is 5.75 Å². The molecule has 0 spiro atoms. The third-order valence-electron chi connectivity index (χ3n) is 3.78. The Hall–Kier alpha value is -2.82. The van der Waals surface area contributed by atoms with Gasteiger partial charge in [-0.2, -0.15) is 0 Å². The second-order valence-electron chi connectivity index (χ2n) is 5.03. The van der Waals surface area contributed by atoms with Gasteiger partial charge >= 0.3 is 0 Å². The molecule has 1 heterocycles. The summed E-state index contributed by atoms with van der Waals surface area (Å²) >= 11 is 0. The van der Waals surface area contributed by atoms with Crippen molar-refractivity contribution in [2.45, 2.75) is 0 Å². The van der Waals surface area contributed by atoms with E-state index in [0.717, 1.165) is 0 Å². The van der Waals surface area contributed by atoms with E-state index in [2.05, 4.69) is 0 Å². The summed E-state index contributed by atoms with van der Waals surface area (Å²) in [4.78, 5) is 28.3. The first-order chi connectivity index (χ1) is 10.6. The van der Waals surface area contributed by atoms with Gasteiger partial charge in [0.2, 0.25) is 5.91 Å². The quantitative estimate of drug-likeness (QED) is 0.854. The number of benzene rings is 2. The lowest BCUT2D eigenvalue weighted by Crippen LogP contribution is -2.38. The number of nitrogens with zero attached hydrogens (tertiary/aromatic N) is 2. The lowest BCUT2D eigenvalue weighted by atomic mass is 10.1. The molecule has 1 aliphatic heterocycles. The molecule has 0 radical (unpaired) electrons. The van der Waals surface area contributed by atoms with Crippen LogP contribution in [0, 0.1) is 0 Å². The Balaban J connectivity index is 2.14. The molecule has 0 atom stereocenters. The first-order valence-electron chi connectivity index (χ1n) is 6.94. The van der Waals surface area contributed by atoms with Gasteiger partial charge in [-0.25, -0.2) is 0 Å². The fourth-order valence-corrected chi connectivity index (χ4v) is 2.59. The molecule has 0 fully saturated rings. The third kappa shape index (κ3) is 2.20. The van der Waals surface area contributed by atoms with Gasteiger partial charge in [0.25, 0.3) is 5.91 Å². The molecular weight excluding hydrogens is 280 g/mol. The Morgan fingerprint density at radius 2 is 1.59 bits per heavy atom. The smallest absolute Gasteiger partial charge is 0.260 e. The van der Waals surface area contributed by atoms with Gasteiger partial charge in [0.15, 0.2) is 0 Å². The minimum Gasteiger partial charge on any atom is -0.495 e. The Kier molecular flexibility index (Phi) is 3.55. The van der Waals surface area contributed by atoms with Crippen LogP contribution in [0.15, 0.2) is 48.5 Å². The molecule has 112 valence electrons. The molecule has 5 heteroatoms. The van der Waals surface area contributed by atoms with E-state index < -0.39 is 0 Å². The fraction of sp³-hybridized carbons (Fsp3) is 0.176. The Morgan fingerprint density at radius 1 is 0.955 bits per heavy atom. The predicted molar refractivity (Wildman–Crippen MR) is 84.5 cm³/mol. The standard InChI is InChI=1S/C17H16N2O3/c1-18-13-8-4-3-7-12(13)17(21)19(11-16(18)20)14-9-5-6-10-15(14)22-2/h3-10H,11H2,1-2H3. The highest BCUT2D eigenvalue weighted by molar-refractivity contribution is 6.17. The molecule has 2 aromatic rings. The number of ether oxygens (including phenoxy) is 1. The summed E-state index contributed by atoms with van der Waals surface area (Å²) in [6.07, 6.45) is 0. The van der Waals surface area contributed by atoms with Gasteiger partial charge < -0.3 is 9.64 Å². The first-order valence-corrected chi connectivity index (χ1v) is 6.94. The van der Waals surface area contributed by atoms with Gasteiger partial charge in [-0.05, 0) is 24.3 Å². The fourth-order valence-electron chi connectivity index (χ4n) is 2.59. The second-order valence-corrected chi connectivity index (χ2v) is 5.03. The highest BCUT2D eigenvalue weighted by Gasteiger charge is 2.31. The molecule has 0 saturated heterocycles. The van der Waals surface area contributed by atoms with Crippen molar-refractivity contribution in [2.75, 3.05) is 30.5 Å². The van der Waals surface area contributed by atoms with Crippen molar-refractivity contribution in [3.63, 3.8) is 0 Å². The number of hydrogen-bond acceptors (Lipinski definition) is 3. The van der Waals surface area contributed by atoms with Gasteiger partial charge in [0.1, 0.15) is 12.3 Å². The number of fused-ring (bicyclic) bond motifs is 1. The number of para-hydroxylation sites is 3. The van der Waals surface area contributed by atoms with Crippen LogP contribution in [0.25, 0.3) is 0 Å². The maximum Gasteiger partial charge on any atom is 0.260 e. The van der Waals surface area contributed by atoms with E-state index in [1.807, 2.05) is 18.2 Å². The molecule has 0 bridgehead atoms. The maximum absolute atomic E-state index is 12.9. The zero-order valence-electron chi connectivity index (χ0n) is 12.4. The topological polar surface area (TPSA) is 49.9 Å². The van der Waals surface area contributed by atoms with Crippen LogP contribution in [0.3, 0.4) is 0 Å². The largest absolute Gasteiger partial charge is 0.495 e. The minimum atomic E-state index is -0.210. The zero-order valence-corrected chi connectivity index (χ0v) is 12.4. The van der Waals surface area contributed by atoms with Crippen molar-refractivity contribution < 1.29 is 14.3 Å². The van der Waals surface area contributed by atoms with E-state index >= 15 is 0 Å². The summed E-state index contributed by atoms with van der Waals surface area (Å²) in [6, 6.07) is 14.3. The average Bonchev–Trinajstić information content (AvgIpc) is 2.66. The molecule has 0 N–H and O–H groups in total. The van der Waals surface area contributed by atoms with Crippen molar-refractivity contribution in [3.8, 4) is 5.75 Å². The lowest BCUT2D eigenvalue weighted by Gasteiger charge is -2.22. The number of amides is 2. The van der Waals surface area contributed by atoms with E-state index in [1.54, 1.807) is 44.5 Å². The molecule has 0 aromatic heterocycles. The molecule has 22 heavy (non-hydrogen) atoms. The van der Waals surface area contributed by atoms with Crippen LogP contribution in [0.1, 0.15) is 10.4 Å². The van der Waals surface area contributed by atoms with Crippen LogP contribution in [-0.4, -0.2) is 32.5 Å². The summed E-state index contributed by atoms with van der Waals surface area (Å²) < 4.78 is 5.32. The highest BCUT2D eigenvalue weighted by atomic mass is 16.5. The molecule has 2 amide bonds. The predicted octanol–water partition coefficient (Wildman–Crippen LogP) is 2.32. The Morgan fingerprint density at radius 3 is 2.32 bits per heavy atom. The van der Waals surface area contributed by atoms with E-state index in [4.69, 9.17) is 4.74 Å². The summed E-state index contributed by atoms with van der Waals surface area (Å²) in [6.45, 7) is -0.0234. The van der Waals surface area contributed by atoms with E-state index in [0.29, 0.717) is 22.7 Å². The summed E-state index contributed by atoms with van der Waals surface area (Å²) in [5.74, 6) is 0.202. The lowest BCUT2D eigenvalue weighted by molar-refractivity contribution is -0.116. The number of anilines is 2. The minimum absolute atomic E-state index is 0.0234. The van der Waals surface area contributed by atoms with Crippen molar-refractivity contribution in [1.82, 2.24) is 0 Å². The molecule has 0 unspecified atom stereocenters. The van der Waals surface area contributed by atoms with Crippen LogP contribution in [0.2, 0.25) is 0 Å². The number of rotatable bonds is 2. The maximum atomic E-state index is 12.9. The monoisotopic (exact) mass is 296 g/mol. The molecular formula is C17H16N2O3. The normalized spacial score (nSPS) is 14.6. The van der Waals surface area contributed by atoms with Crippen LogP contribution >= 0.6 is 0 Å². The van der Waals surface area contributed by atoms with Crippen LogP contribution < -0.4 is 14.5 Å². The third-order valence-corrected chi connectivity index (χ3v) is 3.78. The van der Waals surface area contributed by atoms with Crippen LogP contribution in [0.4, 0.5) is 11.4 Å². The number of carbonyl (C=O) groups is 2. The highest BCUT2D eigenvalue weighted by Crippen LogP contribution is 2.32. The Bertz CT molecular complexity index is 742.